The third-order valence-electron chi connectivity index (χ3n) is 14.1. The largest absolute Gasteiger partial charge is 0.310 e. The van der Waals surface area contributed by atoms with E-state index in [0.717, 1.165) is 111 Å². The first kappa shape index (κ1) is 43.6. The first-order chi connectivity index (χ1) is 36.6. The molecule has 6 heteroatoms. The summed E-state index contributed by atoms with van der Waals surface area (Å²) >= 11 is 0. The Morgan fingerprint density at radius 3 is 0.946 bits per heavy atom. The van der Waals surface area contributed by atoms with Crippen molar-refractivity contribution in [3.05, 3.63) is 278 Å². The molecule has 0 aliphatic heterocycles. The Morgan fingerprint density at radius 1 is 0.270 bits per heavy atom. The maximum Gasteiger partial charge on any atom is 0.0991 e. The van der Waals surface area contributed by atoms with E-state index in [0.29, 0.717) is 11.1 Å². The third kappa shape index (κ3) is 7.51. The van der Waals surface area contributed by atoms with Crippen molar-refractivity contribution in [1.82, 2.24) is 9.13 Å². The number of benzene rings is 11. The Kier molecular flexibility index (Phi) is 10.8. The van der Waals surface area contributed by atoms with E-state index in [4.69, 9.17) is 0 Å². The Bertz CT molecular complexity index is 3940. The van der Waals surface area contributed by atoms with Crippen molar-refractivity contribution in [2.75, 3.05) is 9.80 Å². The van der Waals surface area contributed by atoms with Crippen LogP contribution in [0.4, 0.5) is 34.1 Å². The summed E-state index contributed by atoms with van der Waals surface area (Å²) in [4.78, 5) is 4.62. The highest BCUT2D eigenvalue weighted by molar-refractivity contribution is 6.13. The quantitative estimate of drug-likeness (QED) is 0.137. The van der Waals surface area contributed by atoms with Crippen LogP contribution in [0.1, 0.15) is 11.1 Å². The number of rotatable bonds is 10. The second kappa shape index (κ2) is 18.4. The van der Waals surface area contributed by atoms with Crippen LogP contribution >= 0.6 is 0 Å². The second-order valence-corrected chi connectivity index (χ2v) is 18.4. The summed E-state index contributed by atoms with van der Waals surface area (Å²) in [6.45, 7) is 0. The van der Waals surface area contributed by atoms with E-state index in [1.807, 2.05) is 24.3 Å². The molecule has 13 aromatic rings. The highest BCUT2D eigenvalue weighted by Gasteiger charge is 2.25. The fraction of sp³-hybridized carbons (Fsp3) is 0. The molecule has 2 heterocycles. The van der Waals surface area contributed by atoms with Gasteiger partial charge in [-0.25, -0.2) is 0 Å². The number of hydrogen-bond donors (Lipinski definition) is 0. The average molecular weight is 945 g/mol. The summed E-state index contributed by atoms with van der Waals surface area (Å²) in [5, 5.41) is 24.4. The lowest BCUT2D eigenvalue weighted by Gasteiger charge is -2.26. The van der Waals surface area contributed by atoms with Crippen molar-refractivity contribution in [2.24, 2.45) is 0 Å². The summed E-state index contributed by atoms with van der Waals surface area (Å²) in [5.74, 6) is 0. The molecule has 346 valence electrons. The van der Waals surface area contributed by atoms with E-state index in [2.05, 4.69) is 274 Å². The van der Waals surface area contributed by atoms with E-state index < -0.39 is 0 Å². The van der Waals surface area contributed by atoms with Crippen LogP contribution in [0.15, 0.2) is 267 Å². The van der Waals surface area contributed by atoms with Crippen LogP contribution in [0.5, 0.6) is 0 Å². The van der Waals surface area contributed by atoms with Crippen LogP contribution in [-0.2, 0) is 0 Å². The standard InChI is InChI=1S/C68H44N6/c69-45-47-29-33-49(34-30-47)59-43-60(50-35-31-48(46-70)32-36-50)68(74-64-28-16-14-26-58(64)62-42-56(38-40-66(62)74)72(53-21-9-3-10-22-53)54-23-11-4-12-24-54)44-67(59)73-63-27-15-13-25-57(63)61-41-55(37-39-65(61)73)71(51-17-5-1-6-18-51)52-19-7-2-8-20-52/h1-44H. The number of aromatic nitrogens is 2. The Balaban J connectivity index is 1.11. The van der Waals surface area contributed by atoms with Gasteiger partial charge >= 0.3 is 0 Å². The van der Waals surface area contributed by atoms with Gasteiger partial charge in [0.1, 0.15) is 0 Å². The Labute approximate surface area is 428 Å². The van der Waals surface area contributed by atoms with Gasteiger partial charge in [-0.15, -0.1) is 0 Å². The van der Waals surface area contributed by atoms with Gasteiger partial charge in [-0.1, -0.05) is 133 Å². The molecule has 13 rings (SSSR count). The highest BCUT2D eigenvalue weighted by Crippen LogP contribution is 2.46. The third-order valence-corrected chi connectivity index (χ3v) is 14.1. The van der Waals surface area contributed by atoms with E-state index in [-0.39, 0.29) is 0 Å². The minimum atomic E-state index is 0.591. The zero-order chi connectivity index (χ0) is 49.5. The van der Waals surface area contributed by atoms with Gasteiger partial charge in [0.15, 0.2) is 0 Å². The van der Waals surface area contributed by atoms with Gasteiger partial charge in [-0.3, -0.25) is 0 Å². The van der Waals surface area contributed by atoms with Crippen LogP contribution in [-0.4, -0.2) is 9.13 Å². The van der Waals surface area contributed by atoms with Gasteiger partial charge in [-0.2, -0.15) is 10.5 Å². The molecule has 0 amide bonds. The molecule has 0 N–H and O–H groups in total. The zero-order valence-corrected chi connectivity index (χ0v) is 40.1. The molecule has 0 fully saturated rings. The average Bonchev–Trinajstić information content (AvgIpc) is 3.99. The van der Waals surface area contributed by atoms with Gasteiger partial charge in [0.25, 0.3) is 0 Å². The number of hydrogen-bond acceptors (Lipinski definition) is 4. The number of nitriles is 2. The van der Waals surface area contributed by atoms with Crippen molar-refractivity contribution in [2.45, 2.75) is 0 Å². The fourth-order valence-corrected chi connectivity index (χ4v) is 10.8. The predicted octanol–water partition coefficient (Wildman–Crippen LogP) is 17.9. The second-order valence-electron chi connectivity index (χ2n) is 18.4. The molecule has 6 nitrogen and oxygen atoms in total. The predicted molar refractivity (Wildman–Crippen MR) is 305 cm³/mol. The molecule has 2 aromatic heterocycles. The van der Waals surface area contributed by atoms with Crippen molar-refractivity contribution < 1.29 is 0 Å². The van der Waals surface area contributed by atoms with Crippen molar-refractivity contribution in [3.8, 4) is 45.8 Å². The molecule has 0 spiro atoms. The lowest BCUT2D eigenvalue weighted by Crippen LogP contribution is -2.09. The maximum absolute atomic E-state index is 9.98. The van der Waals surface area contributed by atoms with Gasteiger partial charge in [0, 0.05) is 66.8 Å². The summed E-state index contributed by atoms with van der Waals surface area (Å²) in [6, 6.07) is 98.1. The number of fused-ring (bicyclic) bond motifs is 6. The first-order valence-corrected chi connectivity index (χ1v) is 24.7. The molecule has 0 radical (unpaired) electrons. The lowest BCUT2D eigenvalue weighted by molar-refractivity contribution is 1.14. The maximum atomic E-state index is 9.98. The van der Waals surface area contributed by atoms with Crippen LogP contribution in [0.3, 0.4) is 0 Å². The SMILES string of the molecule is N#Cc1ccc(-c2cc(-c3ccc(C#N)cc3)c(-n3c4ccccc4c4cc(N(c5ccccc5)c5ccccc5)ccc43)cc2-n2c3ccccc3c3cc(N(c4ccccc4)c4ccccc4)ccc32)cc1. The van der Waals surface area contributed by atoms with Gasteiger partial charge < -0.3 is 18.9 Å². The topological polar surface area (TPSA) is 63.9 Å². The number of para-hydroxylation sites is 6. The van der Waals surface area contributed by atoms with E-state index in [1.54, 1.807) is 0 Å². The fourth-order valence-electron chi connectivity index (χ4n) is 10.8. The van der Waals surface area contributed by atoms with Crippen LogP contribution in [0.2, 0.25) is 0 Å². The summed E-state index contributed by atoms with van der Waals surface area (Å²) in [6.07, 6.45) is 0. The summed E-state index contributed by atoms with van der Waals surface area (Å²) < 4.78 is 4.82. The molecule has 0 atom stereocenters. The van der Waals surface area contributed by atoms with Crippen molar-refractivity contribution in [1.29, 1.82) is 10.5 Å². The molecular weight excluding hydrogens is 901 g/mol. The number of nitrogens with zero attached hydrogens (tertiary/aromatic N) is 6. The summed E-state index contributed by atoms with van der Waals surface area (Å²) in [5.41, 5.74) is 17.6. The minimum absolute atomic E-state index is 0.591. The van der Waals surface area contributed by atoms with Gasteiger partial charge in [0.2, 0.25) is 0 Å². The molecule has 0 aliphatic carbocycles. The van der Waals surface area contributed by atoms with E-state index in [1.165, 1.54) is 0 Å². The summed E-state index contributed by atoms with van der Waals surface area (Å²) in [7, 11) is 0. The lowest BCUT2D eigenvalue weighted by atomic mass is 9.94. The number of anilines is 6. The minimum Gasteiger partial charge on any atom is -0.310 e. The van der Waals surface area contributed by atoms with Crippen LogP contribution in [0, 0.1) is 22.7 Å². The molecule has 0 saturated heterocycles. The van der Waals surface area contributed by atoms with E-state index in [9.17, 15) is 10.5 Å². The van der Waals surface area contributed by atoms with Crippen molar-refractivity contribution >= 4 is 77.7 Å². The smallest absolute Gasteiger partial charge is 0.0991 e. The molecule has 0 saturated carbocycles. The molecule has 74 heavy (non-hydrogen) atoms. The van der Waals surface area contributed by atoms with Crippen LogP contribution in [0.25, 0.3) is 77.2 Å². The molecule has 11 aromatic carbocycles. The Morgan fingerprint density at radius 2 is 0.595 bits per heavy atom. The molecule has 0 unspecified atom stereocenters. The van der Waals surface area contributed by atoms with Crippen molar-refractivity contribution in [3.63, 3.8) is 0 Å². The van der Waals surface area contributed by atoms with E-state index >= 15 is 0 Å². The highest BCUT2D eigenvalue weighted by atomic mass is 15.1. The molecular formula is C68H44N6. The molecule has 0 aliphatic rings. The monoisotopic (exact) mass is 944 g/mol. The molecule has 0 bridgehead atoms. The Hall–Kier alpha value is -10.4. The van der Waals surface area contributed by atoms with Gasteiger partial charge in [-0.05, 0) is 145 Å². The normalized spacial score (nSPS) is 11.2. The van der Waals surface area contributed by atoms with Gasteiger partial charge in [0.05, 0.1) is 56.7 Å². The van der Waals surface area contributed by atoms with Crippen LogP contribution < -0.4 is 9.80 Å². The first-order valence-electron chi connectivity index (χ1n) is 24.7. The zero-order valence-electron chi connectivity index (χ0n) is 40.1.